The predicted molar refractivity (Wildman–Crippen MR) is 84.5 cm³/mol. The normalized spacial score (nSPS) is 23.7. The topological polar surface area (TPSA) is 50.4 Å². The van der Waals surface area contributed by atoms with E-state index in [0.717, 1.165) is 43.8 Å². The second kappa shape index (κ2) is 6.48. The zero-order valence-electron chi connectivity index (χ0n) is 12.7. The zero-order valence-corrected chi connectivity index (χ0v) is 12.7. The van der Waals surface area contributed by atoms with Gasteiger partial charge in [-0.1, -0.05) is 13.3 Å². The molecule has 2 atom stereocenters. The van der Waals surface area contributed by atoms with E-state index in [0.29, 0.717) is 12.3 Å². The van der Waals surface area contributed by atoms with Crippen molar-refractivity contribution < 1.29 is 9.53 Å². The van der Waals surface area contributed by atoms with Crippen LogP contribution in [0.4, 0.5) is 11.4 Å². The van der Waals surface area contributed by atoms with Crippen LogP contribution in [0.15, 0.2) is 18.2 Å². The molecule has 0 aromatic heterocycles. The van der Waals surface area contributed by atoms with Gasteiger partial charge in [-0.25, -0.2) is 0 Å². The molecule has 1 fully saturated rings. The van der Waals surface area contributed by atoms with Gasteiger partial charge in [-0.2, -0.15) is 0 Å². The second-order valence-corrected chi connectivity index (χ2v) is 6.03. The van der Waals surface area contributed by atoms with Crippen molar-refractivity contribution in [3.05, 3.63) is 23.8 Å². The van der Waals surface area contributed by atoms with E-state index in [1.807, 2.05) is 6.07 Å². The first-order chi connectivity index (χ1) is 10.3. The van der Waals surface area contributed by atoms with Gasteiger partial charge in [0.15, 0.2) is 0 Å². The average molecular weight is 288 g/mol. The highest BCUT2D eigenvalue weighted by Crippen LogP contribution is 2.41. The van der Waals surface area contributed by atoms with Gasteiger partial charge in [0.2, 0.25) is 5.91 Å². The summed E-state index contributed by atoms with van der Waals surface area (Å²) >= 11 is 0. The summed E-state index contributed by atoms with van der Waals surface area (Å²) in [5.74, 6) is 0.652. The summed E-state index contributed by atoms with van der Waals surface area (Å²) in [7, 11) is 0. The Bertz CT molecular complexity index is 516. The fourth-order valence-electron chi connectivity index (χ4n) is 3.23. The Labute approximate surface area is 126 Å². The summed E-state index contributed by atoms with van der Waals surface area (Å²) in [6.45, 7) is 3.92. The highest BCUT2D eigenvalue weighted by atomic mass is 16.5. The highest BCUT2D eigenvalue weighted by molar-refractivity contribution is 5.91. The van der Waals surface area contributed by atoms with Gasteiger partial charge < -0.3 is 15.4 Å². The van der Waals surface area contributed by atoms with Crippen LogP contribution < -0.4 is 10.6 Å². The fourth-order valence-corrected chi connectivity index (χ4v) is 3.23. The highest BCUT2D eigenvalue weighted by Gasteiger charge is 2.32. The summed E-state index contributed by atoms with van der Waals surface area (Å²) in [6.07, 6.45) is 5.11. The van der Waals surface area contributed by atoms with Crippen molar-refractivity contribution in [1.82, 2.24) is 0 Å². The van der Waals surface area contributed by atoms with Crippen LogP contribution in [-0.2, 0) is 9.53 Å². The molecule has 1 saturated heterocycles. The molecule has 0 spiro atoms. The lowest BCUT2D eigenvalue weighted by Crippen LogP contribution is -2.33. The maximum absolute atomic E-state index is 11.9. The maximum Gasteiger partial charge on any atom is 0.224 e. The quantitative estimate of drug-likeness (QED) is 0.888. The zero-order chi connectivity index (χ0) is 14.7. The number of carbonyl (C=O) groups is 1. The van der Waals surface area contributed by atoms with Gasteiger partial charge in [-0.3, -0.25) is 4.79 Å². The number of nitrogens with one attached hydrogen (secondary N) is 2. The van der Waals surface area contributed by atoms with Gasteiger partial charge in [0, 0.05) is 42.4 Å². The van der Waals surface area contributed by atoms with E-state index < -0.39 is 0 Å². The Balaban J connectivity index is 1.75. The molecule has 2 heterocycles. The van der Waals surface area contributed by atoms with E-state index in [1.54, 1.807) is 0 Å². The number of hydrogen-bond acceptors (Lipinski definition) is 3. The minimum atomic E-state index is 0.0988. The number of unbranched alkanes of at least 4 members (excludes halogenated alkanes) is 1. The first kappa shape index (κ1) is 14.4. The second-order valence-electron chi connectivity index (χ2n) is 6.03. The van der Waals surface area contributed by atoms with Crippen LogP contribution in [0.2, 0.25) is 0 Å². The lowest BCUT2D eigenvalue weighted by molar-refractivity contribution is -0.116. The largest absolute Gasteiger partial charge is 0.384 e. The lowest BCUT2D eigenvalue weighted by Gasteiger charge is -2.37. The molecule has 0 aliphatic carbocycles. The van der Waals surface area contributed by atoms with E-state index in [2.05, 4.69) is 29.7 Å². The minimum Gasteiger partial charge on any atom is -0.384 e. The van der Waals surface area contributed by atoms with Crippen LogP contribution in [0, 0.1) is 5.92 Å². The van der Waals surface area contributed by atoms with Gasteiger partial charge in [-0.15, -0.1) is 0 Å². The SMILES string of the molecule is CCCCC(=O)Nc1ccc2c(c1)C1OCCCC1CN2. The number of carbonyl (C=O) groups excluding carboxylic acids is 1. The third-order valence-electron chi connectivity index (χ3n) is 4.40. The van der Waals surface area contributed by atoms with Gasteiger partial charge in [0.05, 0.1) is 6.10 Å². The Morgan fingerprint density at radius 2 is 2.38 bits per heavy atom. The Kier molecular flexibility index (Phi) is 4.44. The standard InChI is InChI=1S/C17H24N2O2/c1-2-3-6-16(20)19-13-7-8-15-14(10-13)17-12(11-18-15)5-4-9-21-17/h7-8,10,12,17-18H,2-6,9,11H2,1H3,(H,19,20). The summed E-state index contributed by atoms with van der Waals surface area (Å²) in [5, 5.41) is 6.48. The molecule has 21 heavy (non-hydrogen) atoms. The first-order valence-corrected chi connectivity index (χ1v) is 8.07. The van der Waals surface area contributed by atoms with Gasteiger partial charge >= 0.3 is 0 Å². The van der Waals surface area contributed by atoms with E-state index in [9.17, 15) is 4.79 Å². The average Bonchev–Trinajstić information content (AvgIpc) is 2.53. The van der Waals surface area contributed by atoms with Crippen LogP contribution in [0.5, 0.6) is 0 Å². The maximum atomic E-state index is 11.9. The number of anilines is 2. The molecule has 2 N–H and O–H groups in total. The Hall–Kier alpha value is -1.55. The van der Waals surface area contributed by atoms with Crippen molar-refractivity contribution in [1.29, 1.82) is 0 Å². The lowest BCUT2D eigenvalue weighted by atomic mass is 9.85. The molecule has 1 amide bonds. The van der Waals surface area contributed by atoms with Crippen LogP contribution in [-0.4, -0.2) is 19.1 Å². The number of hydrogen-bond donors (Lipinski definition) is 2. The number of ether oxygens (including phenoxy) is 1. The van der Waals surface area contributed by atoms with E-state index in [-0.39, 0.29) is 12.0 Å². The molecule has 2 aliphatic heterocycles. The monoisotopic (exact) mass is 288 g/mol. The summed E-state index contributed by atoms with van der Waals surface area (Å²) < 4.78 is 5.98. The van der Waals surface area contributed by atoms with Gasteiger partial charge in [-0.05, 0) is 37.5 Å². The smallest absolute Gasteiger partial charge is 0.224 e. The number of amides is 1. The molecule has 114 valence electrons. The van der Waals surface area contributed by atoms with Gasteiger partial charge in [0.1, 0.15) is 0 Å². The predicted octanol–water partition coefficient (Wildman–Crippen LogP) is 3.71. The Morgan fingerprint density at radius 3 is 3.24 bits per heavy atom. The third kappa shape index (κ3) is 3.21. The van der Waals surface area contributed by atoms with E-state index >= 15 is 0 Å². The molecule has 0 saturated carbocycles. The molecule has 2 aliphatic rings. The van der Waals surface area contributed by atoms with E-state index in [1.165, 1.54) is 12.0 Å². The number of benzene rings is 1. The van der Waals surface area contributed by atoms with Crippen molar-refractivity contribution in [3.8, 4) is 0 Å². The summed E-state index contributed by atoms with van der Waals surface area (Å²) in [6, 6.07) is 6.10. The molecular weight excluding hydrogens is 264 g/mol. The van der Waals surface area contributed by atoms with Crippen LogP contribution in [0.25, 0.3) is 0 Å². The van der Waals surface area contributed by atoms with Crippen molar-refractivity contribution in [2.75, 3.05) is 23.8 Å². The van der Waals surface area contributed by atoms with Crippen LogP contribution >= 0.6 is 0 Å². The van der Waals surface area contributed by atoms with Crippen molar-refractivity contribution >= 4 is 17.3 Å². The number of fused-ring (bicyclic) bond motifs is 3. The van der Waals surface area contributed by atoms with Crippen molar-refractivity contribution in [3.63, 3.8) is 0 Å². The van der Waals surface area contributed by atoms with Crippen molar-refractivity contribution in [2.45, 2.75) is 45.1 Å². The molecule has 2 unspecified atom stereocenters. The third-order valence-corrected chi connectivity index (χ3v) is 4.40. The molecule has 1 aromatic rings. The molecule has 4 nitrogen and oxygen atoms in total. The molecule has 0 radical (unpaired) electrons. The summed E-state index contributed by atoms with van der Waals surface area (Å²) in [5.41, 5.74) is 3.22. The molecule has 0 bridgehead atoms. The Morgan fingerprint density at radius 1 is 1.48 bits per heavy atom. The van der Waals surface area contributed by atoms with Crippen LogP contribution in [0.3, 0.4) is 0 Å². The molecule has 3 rings (SSSR count). The fraction of sp³-hybridized carbons (Fsp3) is 0.588. The summed E-state index contributed by atoms with van der Waals surface area (Å²) in [4.78, 5) is 11.9. The number of rotatable bonds is 4. The van der Waals surface area contributed by atoms with Gasteiger partial charge in [0.25, 0.3) is 0 Å². The van der Waals surface area contributed by atoms with E-state index in [4.69, 9.17) is 4.74 Å². The first-order valence-electron chi connectivity index (χ1n) is 8.07. The molecule has 1 aromatic carbocycles. The van der Waals surface area contributed by atoms with Crippen LogP contribution in [0.1, 0.15) is 50.7 Å². The molecule has 4 heteroatoms. The minimum absolute atomic E-state index is 0.0988. The molecular formula is C17H24N2O2. The van der Waals surface area contributed by atoms with Crippen molar-refractivity contribution in [2.24, 2.45) is 5.92 Å².